The second kappa shape index (κ2) is 6.48. The van der Waals surface area contributed by atoms with E-state index in [1.54, 1.807) is 0 Å². The first-order valence-electron chi connectivity index (χ1n) is 7.61. The summed E-state index contributed by atoms with van der Waals surface area (Å²) in [7, 11) is 1.82. The van der Waals surface area contributed by atoms with E-state index in [-0.39, 0.29) is 12.1 Å². The lowest BCUT2D eigenvalue weighted by Crippen LogP contribution is -2.49. The number of carbonyl (C=O) groups is 1. The van der Waals surface area contributed by atoms with Crippen LogP contribution in [0.5, 0.6) is 5.75 Å². The molecule has 21 heavy (non-hydrogen) atoms. The molecule has 1 N–H and O–H groups in total. The van der Waals surface area contributed by atoms with Crippen LogP contribution in [0, 0.1) is 13.8 Å². The van der Waals surface area contributed by atoms with E-state index < -0.39 is 5.54 Å². The predicted octanol–water partition coefficient (Wildman–Crippen LogP) is 2.76. The Morgan fingerprint density at radius 3 is 2.86 bits per heavy atom. The fraction of sp³-hybridized carbons (Fsp3) is 0.588. The minimum atomic E-state index is -0.599. The Labute approximate surface area is 126 Å². The van der Waals surface area contributed by atoms with Crippen LogP contribution in [0.25, 0.3) is 0 Å². The molecule has 2 atom stereocenters. The number of esters is 1. The molecule has 2 unspecified atom stereocenters. The van der Waals surface area contributed by atoms with Crippen molar-refractivity contribution in [3.05, 3.63) is 29.3 Å². The van der Waals surface area contributed by atoms with Gasteiger partial charge in [0.25, 0.3) is 0 Å². The van der Waals surface area contributed by atoms with Crippen molar-refractivity contribution in [3.8, 4) is 5.75 Å². The largest absolute Gasteiger partial charge is 0.490 e. The van der Waals surface area contributed by atoms with E-state index in [1.807, 2.05) is 20.9 Å². The number of benzene rings is 1. The van der Waals surface area contributed by atoms with E-state index in [1.165, 1.54) is 5.56 Å². The summed E-state index contributed by atoms with van der Waals surface area (Å²) in [4.78, 5) is 12.2. The van der Waals surface area contributed by atoms with Crippen LogP contribution >= 0.6 is 0 Å². The van der Waals surface area contributed by atoms with E-state index in [4.69, 9.17) is 9.47 Å². The van der Waals surface area contributed by atoms with E-state index >= 15 is 0 Å². The lowest BCUT2D eigenvalue weighted by molar-refractivity contribution is -0.151. The highest BCUT2D eigenvalue weighted by Gasteiger charge is 2.46. The molecule has 0 aliphatic heterocycles. The van der Waals surface area contributed by atoms with Crippen LogP contribution in [0.3, 0.4) is 0 Å². The summed E-state index contributed by atoms with van der Waals surface area (Å²) >= 11 is 0. The molecule has 0 heterocycles. The Hall–Kier alpha value is -1.55. The number of likely N-dealkylation sites (N-methyl/N-ethyl adjacent to an activating group) is 1. The first-order chi connectivity index (χ1) is 10.0. The molecule has 0 bridgehead atoms. The van der Waals surface area contributed by atoms with Crippen LogP contribution in [0.15, 0.2) is 18.2 Å². The van der Waals surface area contributed by atoms with E-state index in [0.29, 0.717) is 13.0 Å². The second-order valence-electron chi connectivity index (χ2n) is 5.80. The Morgan fingerprint density at radius 2 is 2.19 bits per heavy atom. The van der Waals surface area contributed by atoms with Gasteiger partial charge in [-0.1, -0.05) is 12.1 Å². The molecule has 1 aliphatic rings. The van der Waals surface area contributed by atoms with Gasteiger partial charge in [-0.15, -0.1) is 0 Å². The molecular weight excluding hydrogens is 266 g/mol. The maximum Gasteiger partial charge on any atom is 0.326 e. The number of hydrogen-bond acceptors (Lipinski definition) is 4. The average Bonchev–Trinajstić information content (AvgIpc) is 2.88. The monoisotopic (exact) mass is 291 g/mol. The van der Waals surface area contributed by atoms with E-state index in [2.05, 4.69) is 30.4 Å². The molecule has 0 spiro atoms. The van der Waals surface area contributed by atoms with Crippen molar-refractivity contribution in [1.29, 1.82) is 0 Å². The molecule has 2 rings (SSSR count). The van der Waals surface area contributed by atoms with Crippen LogP contribution in [0.4, 0.5) is 0 Å². The lowest BCUT2D eigenvalue weighted by Gasteiger charge is -2.26. The third kappa shape index (κ3) is 3.38. The second-order valence-corrected chi connectivity index (χ2v) is 5.80. The Morgan fingerprint density at radius 1 is 1.43 bits per heavy atom. The quantitative estimate of drug-likeness (QED) is 0.847. The third-order valence-electron chi connectivity index (χ3n) is 4.25. The highest BCUT2D eigenvalue weighted by molar-refractivity contribution is 5.81. The Balaban J connectivity index is 2.07. The molecule has 116 valence electrons. The highest BCUT2D eigenvalue weighted by atomic mass is 16.5. The maximum absolute atomic E-state index is 12.2. The smallest absolute Gasteiger partial charge is 0.326 e. The van der Waals surface area contributed by atoms with Gasteiger partial charge in [-0.05, 0) is 57.9 Å². The molecule has 1 aliphatic carbocycles. The van der Waals surface area contributed by atoms with Crippen molar-refractivity contribution >= 4 is 5.97 Å². The topological polar surface area (TPSA) is 47.6 Å². The number of nitrogens with one attached hydrogen (secondary N) is 1. The summed E-state index contributed by atoms with van der Waals surface area (Å²) in [5, 5.41) is 3.15. The molecule has 0 radical (unpaired) electrons. The number of hydrogen-bond donors (Lipinski definition) is 1. The fourth-order valence-corrected chi connectivity index (χ4v) is 2.90. The molecule has 1 fully saturated rings. The minimum absolute atomic E-state index is 0.0438. The van der Waals surface area contributed by atoms with Crippen molar-refractivity contribution in [1.82, 2.24) is 5.32 Å². The Kier molecular flexibility index (Phi) is 4.88. The van der Waals surface area contributed by atoms with Crippen molar-refractivity contribution in [2.24, 2.45) is 0 Å². The van der Waals surface area contributed by atoms with Gasteiger partial charge in [-0.2, -0.15) is 0 Å². The van der Waals surface area contributed by atoms with Crippen molar-refractivity contribution in [2.75, 3.05) is 13.7 Å². The zero-order valence-corrected chi connectivity index (χ0v) is 13.4. The summed E-state index contributed by atoms with van der Waals surface area (Å²) < 4.78 is 11.3. The number of rotatable bonds is 5. The van der Waals surface area contributed by atoms with Crippen LogP contribution in [0.2, 0.25) is 0 Å². The molecule has 4 nitrogen and oxygen atoms in total. The normalized spacial score (nSPS) is 24.9. The SMILES string of the molecule is CCOC(=O)C1(NC)CCC(Oc2cc(C)ccc2C)C1. The van der Waals surface area contributed by atoms with Gasteiger partial charge in [0.15, 0.2) is 0 Å². The van der Waals surface area contributed by atoms with Gasteiger partial charge in [0.1, 0.15) is 17.4 Å². The van der Waals surface area contributed by atoms with Gasteiger partial charge < -0.3 is 14.8 Å². The molecule has 0 amide bonds. The summed E-state index contributed by atoms with van der Waals surface area (Å²) in [6.07, 6.45) is 2.29. The maximum atomic E-state index is 12.2. The standard InChI is InChI=1S/C17H25NO3/c1-5-20-16(19)17(18-4)9-8-14(11-17)21-15-10-12(2)6-7-13(15)3/h6-7,10,14,18H,5,8-9,11H2,1-4H3. The van der Waals surface area contributed by atoms with Crippen molar-refractivity contribution in [3.63, 3.8) is 0 Å². The summed E-state index contributed by atoms with van der Waals surface area (Å²) in [5.41, 5.74) is 1.70. The van der Waals surface area contributed by atoms with Gasteiger partial charge >= 0.3 is 5.97 Å². The number of aryl methyl sites for hydroxylation is 2. The Bertz CT molecular complexity index is 515. The molecular formula is C17H25NO3. The van der Waals surface area contributed by atoms with Crippen LogP contribution in [-0.2, 0) is 9.53 Å². The van der Waals surface area contributed by atoms with E-state index in [0.717, 1.165) is 24.2 Å². The summed E-state index contributed by atoms with van der Waals surface area (Å²) in [6.45, 7) is 6.34. The van der Waals surface area contributed by atoms with Gasteiger partial charge in [-0.25, -0.2) is 0 Å². The molecule has 1 aromatic carbocycles. The zero-order valence-electron chi connectivity index (χ0n) is 13.4. The van der Waals surface area contributed by atoms with Crippen LogP contribution in [-0.4, -0.2) is 31.3 Å². The first kappa shape index (κ1) is 15.8. The predicted molar refractivity (Wildman–Crippen MR) is 82.6 cm³/mol. The molecule has 0 saturated heterocycles. The summed E-state index contributed by atoms with van der Waals surface area (Å²) in [6, 6.07) is 6.20. The number of ether oxygens (including phenoxy) is 2. The number of carbonyl (C=O) groups excluding carboxylic acids is 1. The van der Waals surface area contributed by atoms with Gasteiger partial charge in [-0.3, -0.25) is 4.79 Å². The van der Waals surface area contributed by atoms with Gasteiger partial charge in [0.2, 0.25) is 0 Å². The third-order valence-corrected chi connectivity index (χ3v) is 4.25. The van der Waals surface area contributed by atoms with Crippen molar-refractivity contribution in [2.45, 2.75) is 51.7 Å². The van der Waals surface area contributed by atoms with E-state index in [9.17, 15) is 4.79 Å². The molecule has 0 aromatic heterocycles. The lowest BCUT2D eigenvalue weighted by atomic mass is 9.98. The average molecular weight is 291 g/mol. The van der Waals surface area contributed by atoms with Gasteiger partial charge in [0, 0.05) is 6.42 Å². The molecule has 1 saturated carbocycles. The summed E-state index contributed by atoms with van der Waals surface area (Å²) in [5.74, 6) is 0.746. The minimum Gasteiger partial charge on any atom is -0.490 e. The van der Waals surface area contributed by atoms with Crippen LogP contribution in [0.1, 0.15) is 37.3 Å². The molecule has 1 aromatic rings. The highest BCUT2D eigenvalue weighted by Crippen LogP contribution is 2.34. The molecule has 4 heteroatoms. The first-order valence-corrected chi connectivity index (χ1v) is 7.61. The van der Waals surface area contributed by atoms with Gasteiger partial charge in [0.05, 0.1) is 6.61 Å². The fourth-order valence-electron chi connectivity index (χ4n) is 2.90. The zero-order chi connectivity index (χ0) is 15.5. The van der Waals surface area contributed by atoms with Crippen LogP contribution < -0.4 is 10.1 Å². The van der Waals surface area contributed by atoms with Crippen molar-refractivity contribution < 1.29 is 14.3 Å².